The first-order chi connectivity index (χ1) is 9.90. The Morgan fingerprint density at radius 1 is 1.00 bits per heavy atom. The molecule has 3 saturated heterocycles. The number of thioether (sulfide) groups is 1. The van der Waals surface area contributed by atoms with Crippen LogP contribution in [0, 0.1) is 11.8 Å². The van der Waals surface area contributed by atoms with E-state index in [2.05, 4.69) is 11.8 Å². The SMILES string of the molecule is COC1C(C2CCCCO2)COCC1C1CCCCS1. The van der Waals surface area contributed by atoms with E-state index in [9.17, 15) is 0 Å². The van der Waals surface area contributed by atoms with E-state index in [-0.39, 0.29) is 0 Å². The van der Waals surface area contributed by atoms with E-state index in [1.165, 1.54) is 44.3 Å². The van der Waals surface area contributed by atoms with Crippen molar-refractivity contribution < 1.29 is 14.2 Å². The van der Waals surface area contributed by atoms with Gasteiger partial charge in [-0.15, -0.1) is 0 Å². The van der Waals surface area contributed by atoms with Crippen molar-refractivity contribution >= 4 is 11.8 Å². The van der Waals surface area contributed by atoms with Gasteiger partial charge in [-0.05, 0) is 37.9 Å². The van der Waals surface area contributed by atoms with Crippen molar-refractivity contribution in [1.82, 2.24) is 0 Å². The lowest BCUT2D eigenvalue weighted by Crippen LogP contribution is -2.51. The van der Waals surface area contributed by atoms with Crippen LogP contribution in [0.1, 0.15) is 38.5 Å². The molecule has 0 bridgehead atoms. The third kappa shape index (κ3) is 3.34. The van der Waals surface area contributed by atoms with Crippen LogP contribution in [-0.2, 0) is 14.2 Å². The molecule has 0 aromatic heterocycles. The number of methoxy groups -OCH3 is 1. The average Bonchev–Trinajstić information content (AvgIpc) is 2.55. The summed E-state index contributed by atoms with van der Waals surface area (Å²) in [6.07, 6.45) is 8.43. The second-order valence-corrected chi connectivity index (χ2v) is 7.72. The van der Waals surface area contributed by atoms with E-state index < -0.39 is 0 Å². The van der Waals surface area contributed by atoms with Crippen LogP contribution < -0.4 is 0 Å². The molecule has 116 valence electrons. The summed E-state index contributed by atoms with van der Waals surface area (Å²) in [7, 11) is 1.88. The molecule has 0 saturated carbocycles. The summed E-state index contributed by atoms with van der Waals surface area (Å²) >= 11 is 2.14. The molecule has 3 heterocycles. The first kappa shape index (κ1) is 15.1. The van der Waals surface area contributed by atoms with E-state index >= 15 is 0 Å². The minimum atomic E-state index is 0.322. The van der Waals surface area contributed by atoms with Crippen molar-refractivity contribution in [2.75, 3.05) is 32.7 Å². The lowest BCUT2D eigenvalue weighted by molar-refractivity contribution is -0.152. The summed E-state index contributed by atoms with van der Waals surface area (Å²) in [6, 6.07) is 0. The number of hydrogen-bond acceptors (Lipinski definition) is 4. The number of rotatable bonds is 3. The molecule has 0 aromatic rings. The van der Waals surface area contributed by atoms with Crippen molar-refractivity contribution in [3.05, 3.63) is 0 Å². The molecule has 0 radical (unpaired) electrons. The van der Waals surface area contributed by atoms with Gasteiger partial charge in [0, 0.05) is 30.8 Å². The van der Waals surface area contributed by atoms with Crippen LogP contribution in [0.5, 0.6) is 0 Å². The van der Waals surface area contributed by atoms with Gasteiger partial charge in [0.25, 0.3) is 0 Å². The van der Waals surface area contributed by atoms with Gasteiger partial charge >= 0.3 is 0 Å². The molecule has 3 aliphatic rings. The first-order valence-corrected chi connectivity index (χ1v) is 9.29. The minimum absolute atomic E-state index is 0.322. The molecule has 0 aromatic carbocycles. The van der Waals surface area contributed by atoms with Crippen LogP contribution >= 0.6 is 11.8 Å². The standard InChI is InChI=1S/C16H28O3S/c1-17-16-12(14-6-2-4-8-19-14)10-18-11-13(16)15-7-3-5-9-20-15/h12-16H,2-11H2,1H3. The van der Waals surface area contributed by atoms with Gasteiger partial charge in [-0.25, -0.2) is 0 Å². The van der Waals surface area contributed by atoms with Crippen LogP contribution in [0.3, 0.4) is 0 Å². The second-order valence-electron chi connectivity index (χ2n) is 6.38. The Labute approximate surface area is 127 Å². The molecule has 0 N–H and O–H groups in total. The van der Waals surface area contributed by atoms with Gasteiger partial charge in [0.15, 0.2) is 0 Å². The quantitative estimate of drug-likeness (QED) is 0.800. The molecule has 20 heavy (non-hydrogen) atoms. The smallest absolute Gasteiger partial charge is 0.0707 e. The lowest BCUT2D eigenvalue weighted by atomic mass is 9.80. The van der Waals surface area contributed by atoms with Crippen LogP contribution in [0.4, 0.5) is 0 Å². The molecule has 0 amide bonds. The number of hydrogen-bond donors (Lipinski definition) is 0. The van der Waals surface area contributed by atoms with Crippen molar-refractivity contribution in [3.63, 3.8) is 0 Å². The fourth-order valence-corrected chi connectivity index (χ4v) is 5.53. The summed E-state index contributed by atoms with van der Waals surface area (Å²) in [5.74, 6) is 2.29. The maximum absolute atomic E-state index is 6.02. The first-order valence-electron chi connectivity index (χ1n) is 8.24. The Bertz CT molecular complexity index is 261. The van der Waals surface area contributed by atoms with Crippen molar-refractivity contribution in [1.29, 1.82) is 0 Å². The van der Waals surface area contributed by atoms with Crippen LogP contribution in [0.15, 0.2) is 0 Å². The highest BCUT2D eigenvalue weighted by molar-refractivity contribution is 7.99. The minimum Gasteiger partial charge on any atom is -0.381 e. The molecule has 3 rings (SSSR count). The van der Waals surface area contributed by atoms with Crippen LogP contribution in [-0.4, -0.2) is 50.1 Å². The van der Waals surface area contributed by atoms with Gasteiger partial charge in [0.05, 0.1) is 25.4 Å². The zero-order valence-electron chi connectivity index (χ0n) is 12.6. The summed E-state index contributed by atoms with van der Waals surface area (Å²) in [4.78, 5) is 0. The van der Waals surface area contributed by atoms with Gasteiger partial charge in [0.2, 0.25) is 0 Å². The van der Waals surface area contributed by atoms with Gasteiger partial charge in [0.1, 0.15) is 0 Å². The Morgan fingerprint density at radius 3 is 2.55 bits per heavy atom. The van der Waals surface area contributed by atoms with Crippen molar-refractivity contribution in [2.24, 2.45) is 11.8 Å². The largest absolute Gasteiger partial charge is 0.381 e. The van der Waals surface area contributed by atoms with E-state index in [1.54, 1.807) is 0 Å². The van der Waals surface area contributed by atoms with Crippen LogP contribution in [0.25, 0.3) is 0 Å². The maximum atomic E-state index is 6.02. The predicted molar refractivity (Wildman–Crippen MR) is 82.3 cm³/mol. The highest BCUT2D eigenvalue weighted by Gasteiger charge is 2.43. The average molecular weight is 300 g/mol. The van der Waals surface area contributed by atoms with E-state index in [0.29, 0.717) is 24.0 Å². The summed E-state index contributed by atoms with van der Waals surface area (Å²) in [5.41, 5.74) is 0. The van der Waals surface area contributed by atoms with Gasteiger partial charge in [-0.3, -0.25) is 0 Å². The topological polar surface area (TPSA) is 27.7 Å². The van der Waals surface area contributed by atoms with Crippen molar-refractivity contribution in [2.45, 2.75) is 56.0 Å². The zero-order chi connectivity index (χ0) is 13.8. The molecular formula is C16H28O3S. The third-order valence-corrected chi connectivity index (χ3v) is 6.66. The van der Waals surface area contributed by atoms with Gasteiger partial charge in [-0.2, -0.15) is 11.8 Å². The molecule has 4 heteroatoms. The summed E-state index contributed by atoms with van der Waals surface area (Å²) < 4.78 is 17.9. The van der Waals surface area contributed by atoms with Gasteiger partial charge < -0.3 is 14.2 Å². The zero-order valence-corrected chi connectivity index (χ0v) is 13.4. The molecule has 0 spiro atoms. The summed E-state index contributed by atoms with van der Waals surface area (Å²) in [5, 5.41) is 0.722. The number of ether oxygens (including phenoxy) is 3. The van der Waals surface area contributed by atoms with Crippen LogP contribution in [0.2, 0.25) is 0 Å². The fourth-order valence-electron chi connectivity index (χ4n) is 4.04. The van der Waals surface area contributed by atoms with E-state index in [1.807, 2.05) is 7.11 Å². The Kier molecular flexibility index (Phi) is 5.66. The highest BCUT2D eigenvalue weighted by atomic mass is 32.2. The monoisotopic (exact) mass is 300 g/mol. The second kappa shape index (κ2) is 7.48. The predicted octanol–water partition coefficient (Wildman–Crippen LogP) is 3.12. The Balaban J connectivity index is 1.67. The molecule has 5 atom stereocenters. The van der Waals surface area contributed by atoms with E-state index in [4.69, 9.17) is 14.2 Å². The Hall–Kier alpha value is 0.230. The lowest BCUT2D eigenvalue weighted by Gasteiger charge is -2.45. The van der Waals surface area contributed by atoms with Gasteiger partial charge in [-0.1, -0.05) is 6.42 Å². The molecule has 5 unspecified atom stereocenters. The summed E-state index contributed by atoms with van der Waals surface area (Å²) in [6.45, 7) is 2.61. The van der Waals surface area contributed by atoms with E-state index in [0.717, 1.165) is 25.1 Å². The van der Waals surface area contributed by atoms with Crippen molar-refractivity contribution in [3.8, 4) is 0 Å². The molecule has 3 aliphatic heterocycles. The molecule has 3 fully saturated rings. The normalized spacial score (nSPS) is 43.4. The third-order valence-electron chi connectivity index (χ3n) is 5.12. The maximum Gasteiger partial charge on any atom is 0.0707 e. The molecule has 0 aliphatic carbocycles. The molecular weight excluding hydrogens is 272 g/mol. The Morgan fingerprint density at radius 2 is 1.85 bits per heavy atom. The fraction of sp³-hybridized carbons (Fsp3) is 1.00. The molecule has 3 nitrogen and oxygen atoms in total. The highest BCUT2D eigenvalue weighted by Crippen LogP contribution is 2.39.